The smallest absolute Gasteiger partial charge is 0.410 e. The van der Waals surface area contributed by atoms with E-state index in [-0.39, 0.29) is 23.1 Å². The Labute approximate surface area is 150 Å². The van der Waals surface area contributed by atoms with E-state index in [0.29, 0.717) is 11.3 Å². The Morgan fingerprint density at radius 2 is 2.00 bits per heavy atom. The average molecular weight is 385 g/mol. The summed E-state index contributed by atoms with van der Waals surface area (Å²) in [4.78, 5) is 17.3. The van der Waals surface area contributed by atoms with Crippen molar-refractivity contribution >= 4 is 27.7 Å². The Kier molecular flexibility index (Phi) is 4.24. The van der Waals surface area contributed by atoms with Crippen LogP contribution in [0.25, 0.3) is 0 Å². The van der Waals surface area contributed by atoms with Crippen LogP contribution in [0.2, 0.25) is 5.15 Å². The van der Waals surface area contributed by atoms with Crippen molar-refractivity contribution in [2.75, 3.05) is 0 Å². The first-order valence-electron chi connectivity index (χ1n) is 7.49. The molecule has 1 aliphatic heterocycles. The van der Waals surface area contributed by atoms with Gasteiger partial charge in [-0.1, -0.05) is 11.6 Å². The van der Waals surface area contributed by atoms with Crippen molar-refractivity contribution in [3.05, 3.63) is 40.9 Å². The summed E-state index contributed by atoms with van der Waals surface area (Å²) in [6.45, 7) is 5.80. The molecule has 8 nitrogen and oxygen atoms in total. The predicted octanol–water partition coefficient (Wildman–Crippen LogP) is 2.42. The molecule has 0 aliphatic carbocycles. The summed E-state index contributed by atoms with van der Waals surface area (Å²) < 4.78 is 31.3. The number of nitrogens with zero attached hydrogens (tertiary/aromatic N) is 4. The summed E-state index contributed by atoms with van der Waals surface area (Å²) in [7, 11) is -3.85. The fourth-order valence-electron chi connectivity index (χ4n) is 2.33. The molecule has 1 amide bonds. The number of hydrogen-bond donors (Lipinski definition) is 0. The topological polar surface area (TPSA) is 94.4 Å². The van der Waals surface area contributed by atoms with Crippen molar-refractivity contribution in [1.82, 2.24) is 19.1 Å². The van der Waals surface area contributed by atoms with Crippen LogP contribution in [0, 0.1) is 0 Å². The zero-order chi connectivity index (χ0) is 18.4. The SMILES string of the molecule is CC(C)(C)OC(=O)N1Cc2cn(S(=O)(=O)c3ccc(Cl)nc3)nc2C1. The second-order valence-corrected chi connectivity index (χ2v) is 8.81. The molecule has 0 saturated heterocycles. The number of carbonyl (C=O) groups excluding carboxylic acids is 1. The normalized spacial score (nSPS) is 14.5. The standard InChI is InChI=1S/C15H17ClN4O4S/c1-15(2,3)24-14(21)19-7-10-8-20(18-12(10)9-19)25(22,23)11-4-5-13(16)17-6-11/h4-6,8H,7,9H2,1-3H3. The predicted molar refractivity (Wildman–Crippen MR) is 89.5 cm³/mol. The highest BCUT2D eigenvalue weighted by molar-refractivity contribution is 7.89. The van der Waals surface area contributed by atoms with E-state index < -0.39 is 21.7 Å². The summed E-state index contributed by atoms with van der Waals surface area (Å²) in [5.74, 6) is 0. The van der Waals surface area contributed by atoms with E-state index in [0.717, 1.165) is 4.09 Å². The minimum atomic E-state index is -3.85. The molecule has 0 bridgehead atoms. The van der Waals surface area contributed by atoms with Gasteiger partial charge in [-0.3, -0.25) is 4.90 Å². The largest absolute Gasteiger partial charge is 0.444 e. The van der Waals surface area contributed by atoms with Crippen LogP contribution in [-0.4, -0.2) is 39.2 Å². The van der Waals surface area contributed by atoms with Gasteiger partial charge in [0.05, 0.1) is 18.8 Å². The minimum Gasteiger partial charge on any atom is -0.444 e. The Morgan fingerprint density at radius 3 is 2.56 bits per heavy atom. The van der Waals surface area contributed by atoms with Gasteiger partial charge < -0.3 is 4.74 Å². The highest BCUT2D eigenvalue weighted by Crippen LogP contribution is 2.25. The molecule has 0 aromatic carbocycles. The van der Waals surface area contributed by atoms with E-state index in [1.54, 1.807) is 20.8 Å². The molecular weight excluding hydrogens is 368 g/mol. The number of ether oxygens (including phenoxy) is 1. The van der Waals surface area contributed by atoms with Crippen molar-refractivity contribution < 1.29 is 17.9 Å². The quantitative estimate of drug-likeness (QED) is 0.738. The van der Waals surface area contributed by atoms with Crippen molar-refractivity contribution in [1.29, 1.82) is 0 Å². The van der Waals surface area contributed by atoms with E-state index in [1.165, 1.54) is 29.4 Å². The molecule has 25 heavy (non-hydrogen) atoms. The van der Waals surface area contributed by atoms with Gasteiger partial charge in [0.2, 0.25) is 0 Å². The molecule has 0 atom stereocenters. The Morgan fingerprint density at radius 1 is 1.28 bits per heavy atom. The molecule has 3 rings (SSSR count). The molecule has 0 saturated carbocycles. The summed E-state index contributed by atoms with van der Waals surface area (Å²) in [5.41, 5.74) is 0.592. The molecule has 2 aromatic rings. The Balaban J connectivity index is 1.79. The van der Waals surface area contributed by atoms with Gasteiger partial charge in [0, 0.05) is 18.0 Å². The van der Waals surface area contributed by atoms with Crippen LogP contribution in [-0.2, 0) is 27.8 Å². The van der Waals surface area contributed by atoms with Gasteiger partial charge in [-0.15, -0.1) is 0 Å². The highest BCUT2D eigenvalue weighted by atomic mass is 35.5. The summed E-state index contributed by atoms with van der Waals surface area (Å²) >= 11 is 5.68. The monoisotopic (exact) mass is 384 g/mol. The fraction of sp³-hybridized carbons (Fsp3) is 0.400. The van der Waals surface area contributed by atoms with Crippen LogP contribution in [0.4, 0.5) is 4.79 Å². The van der Waals surface area contributed by atoms with Gasteiger partial charge in [0.25, 0.3) is 10.0 Å². The lowest BCUT2D eigenvalue weighted by Crippen LogP contribution is -2.33. The van der Waals surface area contributed by atoms with Gasteiger partial charge in [-0.2, -0.15) is 17.6 Å². The molecule has 0 N–H and O–H groups in total. The maximum Gasteiger partial charge on any atom is 0.410 e. The van der Waals surface area contributed by atoms with E-state index in [9.17, 15) is 13.2 Å². The van der Waals surface area contributed by atoms with E-state index in [2.05, 4.69) is 10.1 Å². The second-order valence-electron chi connectivity index (χ2n) is 6.63. The van der Waals surface area contributed by atoms with Crippen molar-refractivity contribution in [3.63, 3.8) is 0 Å². The molecular formula is C15H17ClN4O4S. The number of carbonyl (C=O) groups is 1. The van der Waals surface area contributed by atoms with Gasteiger partial charge in [0.15, 0.2) is 0 Å². The zero-order valence-electron chi connectivity index (χ0n) is 13.9. The maximum absolute atomic E-state index is 12.6. The first-order valence-corrected chi connectivity index (χ1v) is 9.30. The van der Waals surface area contributed by atoms with Crippen LogP contribution in [0.1, 0.15) is 32.0 Å². The lowest BCUT2D eigenvalue weighted by Gasteiger charge is -2.24. The number of fused-ring (bicyclic) bond motifs is 1. The molecule has 3 heterocycles. The van der Waals surface area contributed by atoms with E-state index in [1.807, 2.05) is 0 Å². The first kappa shape index (κ1) is 17.7. The van der Waals surface area contributed by atoms with Crippen LogP contribution in [0.5, 0.6) is 0 Å². The molecule has 0 unspecified atom stereocenters. The Bertz CT molecular complexity index is 892. The molecule has 134 valence electrons. The fourth-order valence-corrected chi connectivity index (χ4v) is 3.55. The summed E-state index contributed by atoms with van der Waals surface area (Å²) in [5, 5.41) is 4.31. The number of aromatic nitrogens is 3. The third kappa shape index (κ3) is 3.62. The highest BCUT2D eigenvalue weighted by Gasteiger charge is 2.31. The lowest BCUT2D eigenvalue weighted by molar-refractivity contribution is 0.0239. The van der Waals surface area contributed by atoms with Crippen LogP contribution >= 0.6 is 11.6 Å². The number of hydrogen-bond acceptors (Lipinski definition) is 6. The molecule has 0 radical (unpaired) electrons. The zero-order valence-corrected chi connectivity index (χ0v) is 15.5. The van der Waals surface area contributed by atoms with Crippen LogP contribution in [0.3, 0.4) is 0 Å². The first-order chi connectivity index (χ1) is 11.6. The van der Waals surface area contributed by atoms with Crippen molar-refractivity contribution in [2.24, 2.45) is 0 Å². The summed E-state index contributed by atoms with van der Waals surface area (Å²) in [6, 6.07) is 2.76. The van der Waals surface area contributed by atoms with Crippen LogP contribution in [0.15, 0.2) is 29.4 Å². The number of rotatable bonds is 2. The third-order valence-corrected chi connectivity index (χ3v) is 5.19. The van der Waals surface area contributed by atoms with E-state index in [4.69, 9.17) is 16.3 Å². The maximum atomic E-state index is 12.6. The number of amides is 1. The Hall–Kier alpha value is -2.13. The average Bonchev–Trinajstić information content (AvgIpc) is 3.04. The number of pyridine rings is 1. The van der Waals surface area contributed by atoms with Crippen molar-refractivity contribution in [2.45, 2.75) is 44.4 Å². The second kappa shape index (κ2) is 5.99. The van der Waals surface area contributed by atoms with Crippen molar-refractivity contribution in [3.8, 4) is 0 Å². The minimum absolute atomic E-state index is 0.0120. The molecule has 0 fully saturated rings. The lowest BCUT2D eigenvalue weighted by atomic mass is 10.2. The van der Waals surface area contributed by atoms with Gasteiger partial charge >= 0.3 is 6.09 Å². The number of halogens is 1. The van der Waals surface area contributed by atoms with Gasteiger partial charge in [0.1, 0.15) is 15.6 Å². The molecule has 1 aliphatic rings. The third-order valence-electron chi connectivity index (χ3n) is 3.45. The van der Waals surface area contributed by atoms with Crippen LogP contribution < -0.4 is 0 Å². The molecule has 2 aromatic heterocycles. The van der Waals surface area contributed by atoms with E-state index >= 15 is 0 Å². The van der Waals surface area contributed by atoms with Gasteiger partial charge in [-0.25, -0.2) is 9.78 Å². The summed E-state index contributed by atoms with van der Waals surface area (Å²) in [6.07, 6.45) is 2.13. The van der Waals surface area contributed by atoms with Gasteiger partial charge in [-0.05, 0) is 32.9 Å². The molecule has 10 heteroatoms. The molecule has 0 spiro atoms.